The Bertz CT molecular complexity index is 1120. The summed E-state index contributed by atoms with van der Waals surface area (Å²) in [5.74, 6) is -1.37. The number of nitrogens with one attached hydrogen (secondary N) is 1. The second kappa shape index (κ2) is 8.28. The molecule has 0 saturated carbocycles. The van der Waals surface area contributed by atoms with Crippen LogP contribution in [0.25, 0.3) is 5.69 Å². The molecule has 1 amide bonds. The summed E-state index contributed by atoms with van der Waals surface area (Å²) in [5, 5.41) is 7.14. The van der Waals surface area contributed by atoms with Gasteiger partial charge in [0.25, 0.3) is 0 Å². The molecular weight excluding hydrogens is 442 g/mol. The zero-order valence-electron chi connectivity index (χ0n) is 15.5. The Morgan fingerprint density at radius 3 is 2.54 bits per heavy atom. The van der Waals surface area contributed by atoms with Gasteiger partial charge in [-0.1, -0.05) is 40.2 Å². The number of nitrogens with zero attached hydrogens (tertiary/aromatic N) is 2. The van der Waals surface area contributed by atoms with Crippen molar-refractivity contribution in [2.45, 2.75) is 19.6 Å². The fourth-order valence-corrected chi connectivity index (χ4v) is 4.66. The minimum absolute atomic E-state index is 0.195. The number of amides is 1. The number of hydrogen-bond donors (Lipinski definition) is 1. The normalized spacial score (nSPS) is 11.4. The predicted molar refractivity (Wildman–Crippen MR) is 113 cm³/mol. The maximum absolute atomic E-state index is 12.4. The molecule has 0 radical (unpaired) electrons. The second-order valence-electron chi connectivity index (χ2n) is 6.57. The molecule has 0 saturated heterocycles. The van der Waals surface area contributed by atoms with E-state index in [2.05, 4.69) is 26.3 Å². The highest BCUT2D eigenvalue weighted by Gasteiger charge is 2.19. The third-order valence-corrected chi connectivity index (χ3v) is 6.01. The van der Waals surface area contributed by atoms with Crippen molar-refractivity contribution in [3.63, 3.8) is 0 Å². The second-order valence-corrected chi connectivity index (χ2v) is 9.55. The summed E-state index contributed by atoms with van der Waals surface area (Å²) in [4.78, 5) is 12.4. The van der Waals surface area contributed by atoms with E-state index < -0.39 is 21.5 Å². The Morgan fingerprint density at radius 2 is 1.86 bits per heavy atom. The van der Waals surface area contributed by atoms with E-state index in [1.165, 1.54) is 0 Å². The van der Waals surface area contributed by atoms with E-state index in [4.69, 9.17) is 0 Å². The third-order valence-electron chi connectivity index (χ3n) is 4.04. The van der Waals surface area contributed by atoms with Crippen LogP contribution in [0.5, 0.6) is 0 Å². The lowest BCUT2D eigenvalue weighted by Gasteiger charge is -2.12. The summed E-state index contributed by atoms with van der Waals surface area (Å²) in [6.45, 7) is 3.81. The average Bonchev–Trinajstić information content (AvgIpc) is 2.92. The molecule has 0 spiro atoms. The van der Waals surface area contributed by atoms with E-state index in [1.807, 2.05) is 38.1 Å². The first kappa shape index (κ1) is 20.3. The van der Waals surface area contributed by atoms with Crippen LogP contribution in [0.2, 0.25) is 0 Å². The number of anilines is 1. The van der Waals surface area contributed by atoms with Gasteiger partial charge >= 0.3 is 0 Å². The summed E-state index contributed by atoms with van der Waals surface area (Å²) >= 11 is 3.32. The molecule has 0 fully saturated rings. The fraction of sp³-hybridized carbons (Fsp3) is 0.200. The van der Waals surface area contributed by atoms with Gasteiger partial charge in [0.2, 0.25) is 5.91 Å². The van der Waals surface area contributed by atoms with E-state index in [0.717, 1.165) is 15.9 Å². The van der Waals surface area contributed by atoms with E-state index in [-0.39, 0.29) is 5.75 Å². The molecule has 0 aliphatic heterocycles. The van der Waals surface area contributed by atoms with Crippen molar-refractivity contribution in [2.24, 2.45) is 0 Å². The van der Waals surface area contributed by atoms with Gasteiger partial charge in [-0.2, -0.15) is 5.10 Å². The van der Waals surface area contributed by atoms with E-state index in [1.54, 1.807) is 35.0 Å². The monoisotopic (exact) mass is 461 g/mol. The molecule has 1 aromatic heterocycles. The lowest BCUT2D eigenvalue weighted by Crippen LogP contribution is -2.24. The number of benzene rings is 2. The van der Waals surface area contributed by atoms with Gasteiger partial charge in [0.15, 0.2) is 9.84 Å². The van der Waals surface area contributed by atoms with Gasteiger partial charge in [0, 0.05) is 10.2 Å². The van der Waals surface area contributed by atoms with Crippen LogP contribution in [0.15, 0.2) is 59.1 Å². The molecule has 3 rings (SSSR count). The molecule has 1 heterocycles. The maximum Gasteiger partial charge on any atom is 0.239 e. The van der Waals surface area contributed by atoms with Gasteiger partial charge in [0.1, 0.15) is 5.75 Å². The van der Waals surface area contributed by atoms with Crippen LogP contribution >= 0.6 is 15.9 Å². The maximum atomic E-state index is 12.4. The van der Waals surface area contributed by atoms with Crippen molar-refractivity contribution in [2.75, 3.05) is 11.1 Å². The number of sulfone groups is 1. The van der Waals surface area contributed by atoms with Crippen molar-refractivity contribution < 1.29 is 13.2 Å². The first-order chi connectivity index (χ1) is 13.2. The smallest absolute Gasteiger partial charge is 0.239 e. The molecule has 0 aliphatic carbocycles. The summed E-state index contributed by atoms with van der Waals surface area (Å²) in [6, 6.07) is 16.1. The Morgan fingerprint density at radius 1 is 1.11 bits per heavy atom. The molecule has 146 valence electrons. The summed E-state index contributed by atoms with van der Waals surface area (Å²) < 4.78 is 27.4. The highest BCUT2D eigenvalue weighted by molar-refractivity contribution is 9.10. The third kappa shape index (κ3) is 5.08. The van der Waals surface area contributed by atoms with E-state index >= 15 is 0 Å². The van der Waals surface area contributed by atoms with Crippen LogP contribution in [0.4, 0.5) is 5.69 Å². The number of rotatable bonds is 6. The summed E-state index contributed by atoms with van der Waals surface area (Å²) in [6.07, 6.45) is 0. The number of aryl methyl sites for hydroxylation is 2. The molecule has 0 unspecified atom stereocenters. The molecule has 28 heavy (non-hydrogen) atoms. The lowest BCUT2D eigenvalue weighted by atomic mass is 10.2. The van der Waals surface area contributed by atoms with Crippen molar-refractivity contribution >= 4 is 37.4 Å². The number of hydrogen-bond acceptors (Lipinski definition) is 4. The highest BCUT2D eigenvalue weighted by atomic mass is 79.9. The average molecular weight is 462 g/mol. The number of aromatic nitrogens is 2. The zero-order chi connectivity index (χ0) is 20.3. The van der Waals surface area contributed by atoms with Crippen LogP contribution in [0.1, 0.15) is 17.0 Å². The van der Waals surface area contributed by atoms with Crippen molar-refractivity contribution in [3.05, 3.63) is 76.0 Å². The van der Waals surface area contributed by atoms with Crippen LogP contribution in [0.3, 0.4) is 0 Å². The standard InChI is InChI=1S/C20H20BrN3O3S/c1-14-10-15(2)24(23-14)19-9-4-3-8-18(19)22-20(25)13-28(26,27)12-16-6-5-7-17(21)11-16/h3-11H,12-13H2,1-2H3,(H,22,25). The molecule has 0 bridgehead atoms. The Kier molecular flexibility index (Phi) is 6.00. The van der Waals surface area contributed by atoms with E-state index in [0.29, 0.717) is 16.9 Å². The predicted octanol–water partition coefficient (Wildman–Crippen LogP) is 3.81. The largest absolute Gasteiger partial charge is 0.323 e. The van der Waals surface area contributed by atoms with Gasteiger partial charge in [0.05, 0.1) is 22.8 Å². The SMILES string of the molecule is Cc1cc(C)n(-c2ccccc2NC(=O)CS(=O)(=O)Cc2cccc(Br)c2)n1. The molecule has 2 aromatic carbocycles. The molecule has 1 N–H and O–H groups in total. The molecular formula is C20H20BrN3O3S. The molecule has 6 nitrogen and oxygen atoms in total. The Balaban J connectivity index is 1.76. The summed E-state index contributed by atoms with van der Waals surface area (Å²) in [5.41, 5.74) is 3.60. The van der Waals surface area contributed by atoms with Gasteiger partial charge in [-0.25, -0.2) is 13.1 Å². The molecule has 0 atom stereocenters. The summed E-state index contributed by atoms with van der Waals surface area (Å²) in [7, 11) is -3.61. The topological polar surface area (TPSA) is 81.1 Å². The van der Waals surface area contributed by atoms with Crippen LogP contribution in [-0.4, -0.2) is 29.9 Å². The first-order valence-corrected chi connectivity index (χ1v) is 11.2. The number of carbonyl (C=O) groups is 1. The minimum Gasteiger partial charge on any atom is -0.323 e. The van der Waals surface area contributed by atoms with Crippen molar-refractivity contribution in [1.29, 1.82) is 0 Å². The Hall–Kier alpha value is -2.45. The Labute approximate surface area is 172 Å². The number of para-hydroxylation sites is 2. The highest BCUT2D eigenvalue weighted by Crippen LogP contribution is 2.22. The minimum atomic E-state index is -3.61. The van der Waals surface area contributed by atoms with Gasteiger partial charge in [-0.3, -0.25) is 4.79 Å². The first-order valence-electron chi connectivity index (χ1n) is 8.61. The van der Waals surface area contributed by atoms with Crippen LogP contribution < -0.4 is 5.32 Å². The van der Waals surface area contributed by atoms with E-state index in [9.17, 15) is 13.2 Å². The lowest BCUT2D eigenvalue weighted by molar-refractivity contribution is -0.113. The van der Waals surface area contributed by atoms with Gasteiger partial charge in [-0.05, 0) is 49.7 Å². The molecule has 0 aliphatic rings. The molecule has 3 aromatic rings. The van der Waals surface area contributed by atoms with Crippen molar-refractivity contribution in [3.8, 4) is 5.69 Å². The van der Waals surface area contributed by atoms with Crippen molar-refractivity contribution in [1.82, 2.24) is 9.78 Å². The zero-order valence-corrected chi connectivity index (χ0v) is 17.9. The number of halogens is 1. The van der Waals surface area contributed by atoms with Crippen LogP contribution in [0, 0.1) is 13.8 Å². The quantitative estimate of drug-likeness (QED) is 0.604. The van der Waals surface area contributed by atoms with Gasteiger partial charge in [-0.15, -0.1) is 0 Å². The fourth-order valence-electron chi connectivity index (χ4n) is 2.95. The van der Waals surface area contributed by atoms with Crippen LogP contribution in [-0.2, 0) is 20.4 Å². The molecule has 8 heteroatoms. The number of carbonyl (C=O) groups excluding carboxylic acids is 1. The van der Waals surface area contributed by atoms with Gasteiger partial charge < -0.3 is 5.32 Å².